The van der Waals surface area contributed by atoms with Crippen LogP contribution in [0, 0.1) is 0 Å². The molecule has 8 heteroatoms. The summed E-state index contributed by atoms with van der Waals surface area (Å²) < 4.78 is 35.4. The summed E-state index contributed by atoms with van der Waals surface area (Å²) >= 11 is 0. The van der Waals surface area contributed by atoms with Crippen molar-refractivity contribution in [2.45, 2.75) is 25.1 Å². The van der Waals surface area contributed by atoms with E-state index in [9.17, 15) is 18.0 Å². The summed E-state index contributed by atoms with van der Waals surface area (Å²) in [7, 11) is 0. The second-order valence-electron chi connectivity index (χ2n) is 2.56. The normalized spacial score (nSPS) is 15.7. The third-order valence-corrected chi connectivity index (χ3v) is 1.27. The van der Waals surface area contributed by atoms with Crippen molar-refractivity contribution in [3.8, 4) is 0 Å². The Kier molecular flexibility index (Phi) is 3.14. The summed E-state index contributed by atoms with van der Waals surface area (Å²) in [4.78, 5) is 12.4. The average molecular weight is 197 g/mol. The van der Waals surface area contributed by atoms with Gasteiger partial charge in [-0.05, 0) is 12.5 Å². The Labute approximate surface area is 70.8 Å². The Balaban J connectivity index is 4.82. The van der Waals surface area contributed by atoms with Gasteiger partial charge in [-0.1, -0.05) is 5.11 Å². The van der Waals surface area contributed by atoms with E-state index >= 15 is 0 Å². The maximum Gasteiger partial charge on any atom is 0.390 e. The Bertz CT molecular complexity index is 254. The number of carboxylic acid groups (broad SMARTS) is 1. The number of carboxylic acids is 1. The van der Waals surface area contributed by atoms with E-state index in [4.69, 9.17) is 10.6 Å². The van der Waals surface area contributed by atoms with Gasteiger partial charge in [-0.25, -0.2) is 0 Å². The molecular weight excluding hydrogens is 191 g/mol. The van der Waals surface area contributed by atoms with Crippen LogP contribution in [0.15, 0.2) is 5.11 Å². The molecule has 0 rings (SSSR count). The molecule has 0 amide bonds. The van der Waals surface area contributed by atoms with Crippen molar-refractivity contribution in [2.24, 2.45) is 5.11 Å². The zero-order chi connectivity index (χ0) is 10.7. The summed E-state index contributed by atoms with van der Waals surface area (Å²) in [5.41, 5.74) is 5.41. The first-order chi connectivity index (χ1) is 5.71. The van der Waals surface area contributed by atoms with Crippen LogP contribution < -0.4 is 0 Å². The van der Waals surface area contributed by atoms with Gasteiger partial charge < -0.3 is 5.11 Å². The molecule has 0 aliphatic heterocycles. The summed E-state index contributed by atoms with van der Waals surface area (Å²) in [6, 6.07) is 0. The molecule has 0 fully saturated rings. The van der Waals surface area contributed by atoms with Gasteiger partial charge in [0.15, 0.2) is 5.54 Å². The number of aliphatic carboxylic acids is 1. The van der Waals surface area contributed by atoms with Gasteiger partial charge in [0.2, 0.25) is 0 Å². The van der Waals surface area contributed by atoms with Crippen LogP contribution in [-0.4, -0.2) is 22.8 Å². The van der Waals surface area contributed by atoms with E-state index in [2.05, 4.69) is 10.0 Å². The molecule has 0 spiro atoms. The number of hydrogen-bond acceptors (Lipinski definition) is 2. The van der Waals surface area contributed by atoms with E-state index in [-0.39, 0.29) is 0 Å². The van der Waals surface area contributed by atoms with Crippen LogP contribution in [0.5, 0.6) is 0 Å². The number of azide groups is 1. The highest BCUT2D eigenvalue weighted by molar-refractivity contribution is 5.78. The second-order valence-corrected chi connectivity index (χ2v) is 2.56. The predicted molar refractivity (Wildman–Crippen MR) is 35.9 cm³/mol. The van der Waals surface area contributed by atoms with Crippen molar-refractivity contribution >= 4 is 5.97 Å². The van der Waals surface area contributed by atoms with E-state index in [1.165, 1.54) is 0 Å². The molecule has 5 nitrogen and oxygen atoms in total. The highest BCUT2D eigenvalue weighted by atomic mass is 19.4. The number of alkyl halides is 3. The van der Waals surface area contributed by atoms with E-state index in [1.807, 2.05) is 0 Å². The topological polar surface area (TPSA) is 86.1 Å². The minimum atomic E-state index is -4.68. The quantitative estimate of drug-likeness (QED) is 0.426. The van der Waals surface area contributed by atoms with Gasteiger partial charge in [0.25, 0.3) is 0 Å². The van der Waals surface area contributed by atoms with Crippen molar-refractivity contribution in [3.05, 3.63) is 10.4 Å². The van der Waals surface area contributed by atoms with Crippen LogP contribution in [0.4, 0.5) is 13.2 Å². The highest BCUT2D eigenvalue weighted by Gasteiger charge is 2.44. The Morgan fingerprint density at radius 2 is 2.08 bits per heavy atom. The van der Waals surface area contributed by atoms with E-state index in [0.29, 0.717) is 6.92 Å². The maximum absolute atomic E-state index is 11.8. The third kappa shape index (κ3) is 3.66. The molecule has 13 heavy (non-hydrogen) atoms. The molecule has 0 aliphatic carbocycles. The molecular formula is C5H6F3N3O2. The highest BCUT2D eigenvalue weighted by Crippen LogP contribution is 2.30. The molecule has 0 bridgehead atoms. The molecule has 0 aromatic rings. The van der Waals surface area contributed by atoms with E-state index < -0.39 is 24.1 Å². The number of rotatable bonds is 3. The lowest BCUT2D eigenvalue weighted by Crippen LogP contribution is -2.37. The fourth-order valence-electron chi connectivity index (χ4n) is 0.643. The number of halogens is 3. The lowest BCUT2D eigenvalue weighted by atomic mass is 9.99. The third-order valence-electron chi connectivity index (χ3n) is 1.27. The maximum atomic E-state index is 11.8. The molecule has 0 saturated carbocycles. The number of hydrogen-bond donors (Lipinski definition) is 1. The second kappa shape index (κ2) is 3.53. The van der Waals surface area contributed by atoms with Crippen LogP contribution in [0.25, 0.3) is 10.4 Å². The summed E-state index contributed by atoms with van der Waals surface area (Å²) in [5, 5.41) is 11.0. The van der Waals surface area contributed by atoms with Gasteiger partial charge in [0, 0.05) is 4.91 Å². The Hall–Kier alpha value is -1.43. The molecule has 0 aromatic heterocycles. The molecule has 0 heterocycles. The van der Waals surface area contributed by atoms with Crippen LogP contribution in [-0.2, 0) is 4.79 Å². The predicted octanol–water partition coefficient (Wildman–Crippen LogP) is 2.09. The summed E-state index contributed by atoms with van der Waals surface area (Å²) in [6.45, 7) is 0.711. The average Bonchev–Trinajstić information content (AvgIpc) is 1.82. The number of nitrogens with zero attached hydrogens (tertiary/aromatic N) is 3. The van der Waals surface area contributed by atoms with Gasteiger partial charge in [-0.3, -0.25) is 4.79 Å². The molecule has 0 aromatic carbocycles. The minimum absolute atomic E-state index is 0.711. The van der Waals surface area contributed by atoms with Crippen molar-refractivity contribution in [1.29, 1.82) is 0 Å². The first-order valence-electron chi connectivity index (χ1n) is 3.08. The van der Waals surface area contributed by atoms with E-state index in [0.717, 1.165) is 0 Å². The zero-order valence-corrected chi connectivity index (χ0v) is 6.54. The van der Waals surface area contributed by atoms with Crippen molar-refractivity contribution in [3.63, 3.8) is 0 Å². The molecule has 0 radical (unpaired) electrons. The van der Waals surface area contributed by atoms with Crippen molar-refractivity contribution in [2.75, 3.05) is 0 Å². The van der Waals surface area contributed by atoms with Gasteiger partial charge in [-0.2, -0.15) is 13.2 Å². The first-order valence-corrected chi connectivity index (χ1v) is 3.08. The van der Waals surface area contributed by atoms with Crippen LogP contribution >= 0.6 is 0 Å². The lowest BCUT2D eigenvalue weighted by Gasteiger charge is -2.19. The van der Waals surface area contributed by atoms with Crippen LogP contribution in [0.1, 0.15) is 13.3 Å². The smallest absolute Gasteiger partial charge is 0.390 e. The van der Waals surface area contributed by atoms with Crippen LogP contribution in [0.2, 0.25) is 0 Å². The molecule has 0 aliphatic rings. The van der Waals surface area contributed by atoms with Crippen molar-refractivity contribution in [1.82, 2.24) is 0 Å². The molecule has 0 saturated heterocycles. The monoisotopic (exact) mass is 197 g/mol. The lowest BCUT2D eigenvalue weighted by molar-refractivity contribution is -0.165. The largest absolute Gasteiger partial charge is 0.481 e. The van der Waals surface area contributed by atoms with Crippen LogP contribution in [0.3, 0.4) is 0 Å². The van der Waals surface area contributed by atoms with Gasteiger partial charge in [-0.15, -0.1) is 0 Å². The molecule has 74 valence electrons. The van der Waals surface area contributed by atoms with E-state index in [1.54, 1.807) is 0 Å². The van der Waals surface area contributed by atoms with Gasteiger partial charge >= 0.3 is 12.1 Å². The summed E-state index contributed by atoms with van der Waals surface area (Å²) in [6.07, 6.45) is -6.36. The van der Waals surface area contributed by atoms with Gasteiger partial charge in [0.1, 0.15) is 0 Å². The molecule has 1 N–H and O–H groups in total. The fourth-order valence-corrected chi connectivity index (χ4v) is 0.643. The fraction of sp³-hybridized carbons (Fsp3) is 0.800. The Morgan fingerprint density at radius 1 is 1.62 bits per heavy atom. The minimum Gasteiger partial charge on any atom is -0.481 e. The zero-order valence-electron chi connectivity index (χ0n) is 6.54. The van der Waals surface area contributed by atoms with Crippen molar-refractivity contribution < 1.29 is 23.1 Å². The van der Waals surface area contributed by atoms with Gasteiger partial charge in [0.05, 0.1) is 6.42 Å². The SMILES string of the molecule is C[C@@](CC(F)(F)F)(N=[N+]=[N-])C(=O)O. The standard InChI is InChI=1S/C5H6F3N3O2/c1-4(3(12)13,10-11-9)2-5(6,7)8/h2H2,1H3,(H,12,13)/t4-/m0/s1. The Morgan fingerprint density at radius 3 is 2.31 bits per heavy atom. The molecule has 1 atom stereocenters. The first kappa shape index (κ1) is 11.6. The molecule has 0 unspecified atom stereocenters. The summed E-state index contributed by atoms with van der Waals surface area (Å²) in [5.74, 6) is -1.80. The number of carbonyl (C=O) groups is 1.